The van der Waals surface area contributed by atoms with Gasteiger partial charge in [0.1, 0.15) is 0 Å². The SMILES string of the molecule is CC#N.CC#N.CC(C)N(C(C)C)[P@@](=O)(c1ccccc1)c1ccccc1P(=O)(c1ccccc1)c1ccccc1[P@@](=O)(c1ccccc1)N(C(C)C)C(C)C.CC(C)N(C(C)C)[P@@](=O)(c1ccccc1)c1ccccc1P(=O)(c1ccccc1)c1ccccc1[P@@](=O)(c1ccccc1)N(C(C)C)C(C)C.O=[N+]([O-])[O-].O=[N+]([O-])[O-].O=[N+]([O-])[O-].O=[N+]([O-])[O-].O=[N+]([O-])[O-].O=[N+]([O-])[O-].[Y+3].[Y+3]. The van der Waals surface area contributed by atoms with Gasteiger partial charge in [0.15, 0.2) is 14.3 Å². The van der Waals surface area contributed by atoms with Gasteiger partial charge in [0, 0.05) is 136 Å². The molecule has 0 radical (unpaired) electrons. The van der Waals surface area contributed by atoms with Crippen molar-refractivity contribution in [2.24, 2.45) is 0 Å². The summed E-state index contributed by atoms with van der Waals surface area (Å²) in [5, 5.41) is 111. The van der Waals surface area contributed by atoms with Crippen molar-refractivity contribution in [3.63, 3.8) is 0 Å². The predicted molar refractivity (Wildman–Crippen MR) is 518 cm³/mol. The molecule has 0 bridgehead atoms. The van der Waals surface area contributed by atoms with E-state index in [1.54, 1.807) is 12.1 Å². The predicted octanol–water partition coefficient (Wildman–Crippen LogP) is 15.7. The molecule has 132 heavy (non-hydrogen) atoms. The van der Waals surface area contributed by atoms with Gasteiger partial charge in [0.25, 0.3) is 0 Å². The Bertz CT molecular complexity index is 4940. The van der Waals surface area contributed by atoms with Crippen molar-refractivity contribution in [3.8, 4) is 12.1 Å². The van der Waals surface area contributed by atoms with Crippen molar-refractivity contribution in [1.82, 2.24) is 18.7 Å². The maximum absolute atomic E-state index is 16.9. The van der Waals surface area contributed by atoms with Crippen molar-refractivity contribution in [2.75, 3.05) is 0 Å². The topological polar surface area (TPSA) is 560 Å². The summed E-state index contributed by atoms with van der Waals surface area (Å²) in [6.45, 7) is 35.9. The molecule has 0 fully saturated rings. The molecule has 0 heterocycles. The zero-order chi connectivity index (χ0) is 99.4. The van der Waals surface area contributed by atoms with Crippen LogP contribution in [-0.4, -0.2) is 97.5 Å². The number of nitriles is 2. The van der Waals surface area contributed by atoms with Crippen LogP contribution in [0.25, 0.3) is 0 Å². The average Bonchev–Trinajstić information content (AvgIpc) is 0.714. The minimum absolute atomic E-state index is 0. The molecule has 36 nitrogen and oxygen atoms in total. The third-order valence-corrected chi connectivity index (χ3v) is 39.9. The summed E-state index contributed by atoms with van der Waals surface area (Å²) >= 11 is 0. The third kappa shape index (κ3) is 34.4. The van der Waals surface area contributed by atoms with Crippen LogP contribution in [0.4, 0.5) is 0 Å². The molecular weight excluding hydrogens is 1970 g/mol. The van der Waals surface area contributed by atoms with E-state index in [1.165, 1.54) is 13.8 Å². The summed E-state index contributed by atoms with van der Waals surface area (Å²) in [4.78, 5) is 49.5. The Balaban J connectivity index is 0. The first-order valence-corrected chi connectivity index (χ1v) is 49.9. The van der Waals surface area contributed by atoms with E-state index >= 15 is 27.4 Å². The van der Waals surface area contributed by atoms with Crippen LogP contribution in [0.2, 0.25) is 0 Å². The van der Waals surface area contributed by atoms with Crippen molar-refractivity contribution in [3.05, 3.63) is 371 Å². The van der Waals surface area contributed by atoms with E-state index < -0.39 is 74.0 Å². The van der Waals surface area contributed by atoms with E-state index in [9.17, 15) is 0 Å². The van der Waals surface area contributed by atoms with E-state index in [1.807, 2.05) is 279 Å². The number of rotatable bonds is 26. The first kappa shape index (κ1) is 124. The van der Waals surface area contributed by atoms with Crippen molar-refractivity contribution in [2.45, 2.75) is 173 Å². The van der Waals surface area contributed by atoms with E-state index in [0.29, 0.717) is 74.3 Å². The second kappa shape index (κ2) is 60.1. The van der Waals surface area contributed by atoms with Gasteiger partial charge in [0.05, 0.1) is 42.7 Å². The molecule has 0 spiro atoms. The summed E-state index contributed by atoms with van der Waals surface area (Å²) in [6, 6.07) is 90.4. The van der Waals surface area contributed by atoms with Gasteiger partial charge in [-0.25, -0.2) is 18.7 Å². The zero-order valence-electron chi connectivity index (χ0n) is 76.2. The third-order valence-electron chi connectivity index (χ3n) is 18.4. The quantitative estimate of drug-likeness (QED) is 0.0276. The smallest absolute Gasteiger partial charge is 0.356 e. The molecule has 6 atom stereocenters. The molecule has 0 aromatic heterocycles. The second-order valence-corrected chi connectivity index (χ2v) is 45.4. The van der Waals surface area contributed by atoms with E-state index in [0.717, 1.165) is 0 Å². The molecule has 0 N–H and O–H groups in total. The molecule has 10 aromatic rings. The van der Waals surface area contributed by atoms with Crippen LogP contribution in [-0.2, 0) is 92.8 Å². The molecule has 0 aliphatic rings. The molecule has 0 aliphatic heterocycles. The number of nitrogens with zero attached hydrogens (tertiary/aromatic N) is 12. The number of hydrogen-bond acceptors (Lipinski definition) is 26. The normalized spacial score (nSPS) is 13.2. The van der Waals surface area contributed by atoms with Crippen LogP contribution in [0.3, 0.4) is 0 Å². The Kier molecular flexibility index (Phi) is 56.4. The van der Waals surface area contributed by atoms with E-state index in [4.69, 9.17) is 102 Å². The van der Waals surface area contributed by atoms with Crippen LogP contribution in [0, 0.1) is 115 Å². The largest absolute Gasteiger partial charge is 3.00 e. The van der Waals surface area contributed by atoms with Gasteiger partial charge in [-0.1, -0.05) is 206 Å². The molecule has 10 rings (SSSR count). The summed E-state index contributed by atoms with van der Waals surface area (Å²) in [6.07, 6.45) is 0. The Hall–Kier alpha value is -10.2. The van der Waals surface area contributed by atoms with Gasteiger partial charge in [-0.15, -0.1) is 0 Å². The van der Waals surface area contributed by atoms with Gasteiger partial charge in [-0.3, -0.25) is 18.3 Å². The maximum Gasteiger partial charge on any atom is 3.00 e. The Labute approximate surface area is 819 Å². The molecule has 0 saturated carbocycles. The van der Waals surface area contributed by atoms with Gasteiger partial charge >= 0.3 is 65.4 Å². The fraction of sp³-hybridized carbons (Fsp3) is 0.295. The molecule has 0 aliphatic carbocycles. The van der Waals surface area contributed by atoms with Crippen LogP contribution >= 0.6 is 43.5 Å². The van der Waals surface area contributed by atoms with Crippen LogP contribution in [0.5, 0.6) is 0 Å². The fourth-order valence-corrected chi connectivity index (χ4v) is 37.4. The van der Waals surface area contributed by atoms with Crippen LogP contribution < -0.4 is 74.3 Å². The monoisotopic (exact) mass is 2080 g/mol. The van der Waals surface area contributed by atoms with Crippen molar-refractivity contribution < 1.29 is 123 Å². The van der Waals surface area contributed by atoms with Crippen LogP contribution in [0.1, 0.15) is 125 Å². The summed E-state index contributed by atoms with van der Waals surface area (Å²) in [5.74, 6) is 0. The summed E-state index contributed by atoms with van der Waals surface area (Å²) < 4.78 is 107. The average molecular weight is 2080 g/mol. The molecule has 10 aromatic carbocycles. The standard InChI is InChI=1S/2C42H51N2O3P3.2C2H3N.6NO3.2Y/c2*1-32(2)43(33(3)4)49(46,37-24-14-10-15-25-37)41-30-20-18-28-39(41)48(45,36-22-12-9-13-23-36)40-29-19-21-31-42(40)50(47,38-26-16-11-17-27-38)44(34(5)6)35(7)8;2*1-2-3;6*2-1(3)4;;/h2*9-35H,1-8H3;2*1H3;;;;;;;;/q;;;;6*-1;2*+3/t2*48?,49-,50+;;;;;;;;;;. The molecule has 0 saturated heterocycles. The minimum Gasteiger partial charge on any atom is -0.356 e. The zero-order valence-corrected chi connectivity index (χ0v) is 87.2. The van der Waals surface area contributed by atoms with Gasteiger partial charge < -0.3 is 101 Å². The first-order valence-electron chi connectivity index (χ1n) is 39.8. The van der Waals surface area contributed by atoms with E-state index in [-0.39, 0.29) is 114 Å². The molecule has 2 unspecified atom stereocenters. The summed E-state index contributed by atoms with van der Waals surface area (Å²) in [7, 11) is -22.2. The first-order chi connectivity index (χ1) is 60.8. The second-order valence-electron chi connectivity index (χ2n) is 29.5. The van der Waals surface area contributed by atoms with Crippen molar-refractivity contribution in [1.29, 1.82) is 10.5 Å². The Morgan fingerprint density at radius 2 is 0.303 bits per heavy atom. The number of hydrogen-bond donors (Lipinski definition) is 0. The molecule has 0 amide bonds. The summed E-state index contributed by atoms with van der Waals surface area (Å²) in [5.41, 5.74) is 0. The van der Waals surface area contributed by atoms with Gasteiger partial charge in [-0.05, 0) is 184 Å². The number of benzene rings is 10. The Morgan fingerprint density at radius 1 is 0.212 bits per heavy atom. The van der Waals surface area contributed by atoms with E-state index in [2.05, 4.69) is 129 Å². The van der Waals surface area contributed by atoms with Crippen LogP contribution in [0.15, 0.2) is 279 Å². The maximum atomic E-state index is 16.9. The molecular formula is C88H108N12O24P6Y2. The van der Waals surface area contributed by atoms with Gasteiger partial charge in [-0.2, -0.15) is 10.5 Å². The minimum atomic E-state index is -3.88. The van der Waals surface area contributed by atoms with Gasteiger partial charge in [0.2, 0.25) is 29.2 Å². The van der Waals surface area contributed by atoms with Crippen molar-refractivity contribution >= 4 is 118 Å². The molecule has 44 heteroatoms. The fourth-order valence-electron chi connectivity index (χ4n) is 15.1. The Morgan fingerprint density at radius 3 is 0.409 bits per heavy atom. The molecule has 700 valence electrons.